The van der Waals surface area contributed by atoms with Crippen LogP contribution in [0.5, 0.6) is 5.75 Å². The van der Waals surface area contributed by atoms with E-state index in [1.54, 1.807) is 38.1 Å². The minimum absolute atomic E-state index is 0.205. The number of hydrogen-bond donors (Lipinski definition) is 2. The Morgan fingerprint density at radius 2 is 2.12 bits per heavy atom. The molecular formula is C18H23NO7. The average Bonchev–Trinajstić information content (AvgIpc) is 2.59. The Bertz CT molecular complexity index is 677. The lowest BCUT2D eigenvalue weighted by Gasteiger charge is -2.49. The highest BCUT2D eigenvalue weighted by Crippen LogP contribution is 2.33. The number of aliphatic hydroxyl groups is 1. The summed E-state index contributed by atoms with van der Waals surface area (Å²) in [5, 5.41) is 13.4. The SMILES string of the molecule is CC(=O)NC1C(Oc2ccccc2C=O)OC2COC(C)(C)OC2C1O. The molecule has 0 aliphatic carbocycles. The second kappa shape index (κ2) is 7.32. The second-order valence-corrected chi connectivity index (χ2v) is 6.83. The highest BCUT2D eigenvalue weighted by Gasteiger charge is 2.52. The summed E-state index contributed by atoms with van der Waals surface area (Å²) >= 11 is 0. The predicted molar refractivity (Wildman–Crippen MR) is 89.6 cm³/mol. The number of rotatable bonds is 4. The fourth-order valence-electron chi connectivity index (χ4n) is 3.14. The van der Waals surface area contributed by atoms with E-state index in [0.29, 0.717) is 17.6 Å². The van der Waals surface area contributed by atoms with Crippen molar-refractivity contribution in [3.05, 3.63) is 29.8 Å². The van der Waals surface area contributed by atoms with Gasteiger partial charge in [-0.05, 0) is 26.0 Å². The molecule has 1 amide bonds. The Kier molecular flexibility index (Phi) is 5.29. The van der Waals surface area contributed by atoms with Gasteiger partial charge in [-0.25, -0.2) is 0 Å². The van der Waals surface area contributed by atoms with E-state index in [1.807, 2.05) is 0 Å². The van der Waals surface area contributed by atoms with Crippen LogP contribution in [0.2, 0.25) is 0 Å². The third-order valence-corrected chi connectivity index (χ3v) is 4.35. The zero-order chi connectivity index (χ0) is 18.9. The number of nitrogens with one attached hydrogen (secondary N) is 1. The van der Waals surface area contributed by atoms with Gasteiger partial charge in [-0.2, -0.15) is 0 Å². The van der Waals surface area contributed by atoms with Gasteiger partial charge in [-0.15, -0.1) is 0 Å². The van der Waals surface area contributed by atoms with Crippen molar-refractivity contribution in [2.75, 3.05) is 6.61 Å². The Hall–Kier alpha value is -2.00. The van der Waals surface area contributed by atoms with Gasteiger partial charge in [-0.3, -0.25) is 9.59 Å². The smallest absolute Gasteiger partial charge is 0.223 e. The summed E-state index contributed by atoms with van der Waals surface area (Å²) < 4.78 is 23.1. The molecule has 2 N–H and O–H groups in total. The Morgan fingerprint density at radius 1 is 1.38 bits per heavy atom. The second-order valence-electron chi connectivity index (χ2n) is 6.83. The Labute approximate surface area is 151 Å². The minimum Gasteiger partial charge on any atom is -0.462 e. The van der Waals surface area contributed by atoms with E-state index in [9.17, 15) is 14.7 Å². The van der Waals surface area contributed by atoms with Crippen molar-refractivity contribution in [3.63, 3.8) is 0 Å². The topological polar surface area (TPSA) is 103 Å². The first-order valence-electron chi connectivity index (χ1n) is 8.44. The molecule has 0 radical (unpaired) electrons. The molecule has 2 fully saturated rings. The average molecular weight is 365 g/mol. The Balaban J connectivity index is 1.85. The van der Waals surface area contributed by atoms with Gasteiger partial charge in [0, 0.05) is 6.92 Å². The van der Waals surface area contributed by atoms with Crippen molar-refractivity contribution >= 4 is 12.2 Å². The van der Waals surface area contributed by atoms with E-state index in [-0.39, 0.29) is 12.5 Å². The number of aldehydes is 1. The summed E-state index contributed by atoms with van der Waals surface area (Å²) in [7, 11) is 0. The Morgan fingerprint density at radius 3 is 2.81 bits per heavy atom. The number of amides is 1. The van der Waals surface area contributed by atoms with Crippen LogP contribution in [-0.2, 0) is 19.0 Å². The van der Waals surface area contributed by atoms with Crippen LogP contribution in [0.15, 0.2) is 24.3 Å². The number of carbonyl (C=O) groups is 2. The molecule has 0 bridgehead atoms. The largest absolute Gasteiger partial charge is 0.462 e. The van der Waals surface area contributed by atoms with Gasteiger partial charge in [0.05, 0.1) is 12.2 Å². The van der Waals surface area contributed by atoms with Crippen LogP contribution in [0, 0.1) is 0 Å². The third kappa shape index (κ3) is 3.88. The number of ether oxygens (including phenoxy) is 4. The van der Waals surface area contributed by atoms with Crippen LogP contribution in [0.4, 0.5) is 0 Å². The van der Waals surface area contributed by atoms with Gasteiger partial charge in [0.1, 0.15) is 30.1 Å². The first-order valence-corrected chi connectivity index (χ1v) is 8.44. The highest BCUT2D eigenvalue weighted by atomic mass is 16.8. The lowest BCUT2D eigenvalue weighted by Crippen LogP contribution is -2.69. The maximum Gasteiger partial charge on any atom is 0.223 e. The van der Waals surface area contributed by atoms with Crippen molar-refractivity contribution in [1.82, 2.24) is 5.32 Å². The molecule has 1 aromatic carbocycles. The van der Waals surface area contributed by atoms with Gasteiger partial charge in [0.2, 0.25) is 12.2 Å². The summed E-state index contributed by atoms with van der Waals surface area (Å²) in [6.07, 6.45) is -2.67. The van der Waals surface area contributed by atoms with E-state index in [2.05, 4.69) is 5.32 Å². The van der Waals surface area contributed by atoms with Crippen LogP contribution in [0.25, 0.3) is 0 Å². The number of fused-ring (bicyclic) bond motifs is 1. The van der Waals surface area contributed by atoms with E-state index in [4.69, 9.17) is 18.9 Å². The fourth-order valence-corrected chi connectivity index (χ4v) is 3.14. The van der Waals surface area contributed by atoms with E-state index >= 15 is 0 Å². The molecule has 5 unspecified atom stereocenters. The van der Waals surface area contributed by atoms with Crippen molar-refractivity contribution in [1.29, 1.82) is 0 Å². The molecule has 26 heavy (non-hydrogen) atoms. The van der Waals surface area contributed by atoms with Crippen LogP contribution < -0.4 is 10.1 Å². The maximum absolute atomic E-state index is 11.6. The molecule has 5 atom stereocenters. The molecule has 2 saturated heterocycles. The van der Waals surface area contributed by atoms with Crippen LogP contribution >= 0.6 is 0 Å². The summed E-state index contributed by atoms with van der Waals surface area (Å²) in [5.41, 5.74) is 0.339. The number of carbonyl (C=O) groups excluding carboxylic acids is 2. The molecule has 8 nitrogen and oxygen atoms in total. The molecular weight excluding hydrogens is 342 g/mol. The molecule has 1 aromatic rings. The normalized spacial score (nSPS) is 33.0. The lowest BCUT2D eigenvalue weighted by atomic mass is 9.95. The number of hydrogen-bond acceptors (Lipinski definition) is 7. The fraction of sp³-hybridized carbons (Fsp3) is 0.556. The zero-order valence-corrected chi connectivity index (χ0v) is 14.9. The molecule has 2 aliphatic heterocycles. The molecule has 142 valence electrons. The van der Waals surface area contributed by atoms with Gasteiger partial charge in [0.15, 0.2) is 12.1 Å². The zero-order valence-electron chi connectivity index (χ0n) is 14.9. The molecule has 0 spiro atoms. The monoisotopic (exact) mass is 365 g/mol. The number of aliphatic hydroxyl groups excluding tert-OH is 1. The number of benzene rings is 1. The summed E-state index contributed by atoms with van der Waals surface area (Å²) in [4.78, 5) is 22.8. The van der Waals surface area contributed by atoms with Crippen LogP contribution in [-0.4, -0.2) is 60.3 Å². The number of para-hydroxylation sites is 1. The summed E-state index contributed by atoms with van der Waals surface area (Å²) in [6, 6.07) is 5.77. The van der Waals surface area contributed by atoms with Gasteiger partial charge < -0.3 is 29.4 Å². The maximum atomic E-state index is 11.6. The quantitative estimate of drug-likeness (QED) is 0.754. The van der Waals surface area contributed by atoms with Crippen molar-refractivity contribution in [3.8, 4) is 5.75 Å². The van der Waals surface area contributed by atoms with E-state index < -0.39 is 36.4 Å². The molecule has 8 heteroatoms. The molecule has 0 saturated carbocycles. The molecule has 0 aromatic heterocycles. The first-order chi connectivity index (χ1) is 12.3. The van der Waals surface area contributed by atoms with Crippen molar-refractivity contribution in [2.24, 2.45) is 0 Å². The summed E-state index contributed by atoms with van der Waals surface area (Å²) in [6.45, 7) is 5.03. The van der Waals surface area contributed by atoms with E-state index in [1.165, 1.54) is 6.92 Å². The predicted octanol–water partition coefficient (Wildman–Crippen LogP) is 0.620. The molecule has 2 heterocycles. The van der Waals surface area contributed by atoms with Crippen LogP contribution in [0.3, 0.4) is 0 Å². The highest BCUT2D eigenvalue weighted by molar-refractivity contribution is 5.79. The molecule has 3 rings (SSSR count). The van der Waals surface area contributed by atoms with Gasteiger partial charge in [0.25, 0.3) is 0 Å². The van der Waals surface area contributed by atoms with Gasteiger partial charge >= 0.3 is 0 Å². The van der Waals surface area contributed by atoms with Gasteiger partial charge in [-0.1, -0.05) is 12.1 Å². The molecule has 2 aliphatic rings. The van der Waals surface area contributed by atoms with Crippen LogP contribution in [0.1, 0.15) is 31.1 Å². The third-order valence-electron chi connectivity index (χ3n) is 4.35. The van der Waals surface area contributed by atoms with Crippen molar-refractivity contribution in [2.45, 2.75) is 57.2 Å². The van der Waals surface area contributed by atoms with E-state index in [0.717, 1.165) is 0 Å². The van der Waals surface area contributed by atoms with Crippen molar-refractivity contribution < 1.29 is 33.6 Å². The standard InChI is InChI=1S/C18H23NO7/c1-10(21)19-14-15(22)16-13(9-23-18(2,3)26-16)25-17(14)24-12-7-5-4-6-11(12)8-20/h4-8,13-17,22H,9H2,1-3H3,(H,19,21). The minimum atomic E-state index is -1.07. The lowest BCUT2D eigenvalue weighted by molar-refractivity contribution is -0.361. The summed E-state index contributed by atoms with van der Waals surface area (Å²) in [5.74, 6) is -0.921. The first kappa shape index (κ1) is 18.8.